The van der Waals surface area contributed by atoms with Crippen LogP contribution in [0.1, 0.15) is 19.3 Å². The number of nitrogens with two attached hydrogens (primary N) is 1. The van der Waals surface area contributed by atoms with Gasteiger partial charge in [-0.3, -0.25) is 5.32 Å². The number of fused-ring (bicyclic) bond motifs is 1. The molecule has 0 amide bonds. The molecule has 5 N–H and O–H groups in total. The van der Waals surface area contributed by atoms with E-state index in [0.717, 1.165) is 38.9 Å². The number of benzene rings is 1. The van der Waals surface area contributed by atoms with Gasteiger partial charge in [-0.2, -0.15) is 5.26 Å². The van der Waals surface area contributed by atoms with E-state index in [2.05, 4.69) is 45.8 Å². The average Bonchev–Trinajstić information content (AvgIpc) is 3.19. The Balaban J connectivity index is 1.33. The molecule has 10 nitrogen and oxygen atoms in total. The highest BCUT2D eigenvalue weighted by molar-refractivity contribution is 7.89. The van der Waals surface area contributed by atoms with E-state index in [-0.39, 0.29) is 29.0 Å². The van der Waals surface area contributed by atoms with Crippen LogP contribution in [0.3, 0.4) is 0 Å². The minimum Gasteiger partial charge on any atom is -0.495 e. The SMILES string of the molecule is COc1cc(S(N)(=O)=O)ccc1NCC#CC1C(C#N)OC2CC(NC3CCN(C)CC3)NCC21. The Morgan fingerprint density at radius 3 is 2.80 bits per heavy atom. The molecule has 11 heteroatoms. The lowest BCUT2D eigenvalue weighted by molar-refractivity contribution is 0.0265. The van der Waals surface area contributed by atoms with Crippen molar-refractivity contribution in [3.05, 3.63) is 18.2 Å². The quantitative estimate of drug-likeness (QED) is 0.404. The van der Waals surface area contributed by atoms with Crippen LogP contribution in [0.25, 0.3) is 0 Å². The molecule has 190 valence electrons. The Kier molecular flexibility index (Phi) is 8.17. The van der Waals surface area contributed by atoms with Gasteiger partial charge in [0.1, 0.15) is 5.75 Å². The summed E-state index contributed by atoms with van der Waals surface area (Å²) >= 11 is 0. The van der Waals surface area contributed by atoms with E-state index in [1.165, 1.54) is 19.2 Å². The lowest BCUT2D eigenvalue weighted by atomic mass is 9.83. The lowest BCUT2D eigenvalue weighted by Crippen LogP contribution is -2.57. The van der Waals surface area contributed by atoms with Gasteiger partial charge in [-0.05, 0) is 45.1 Å². The van der Waals surface area contributed by atoms with E-state index < -0.39 is 16.1 Å². The number of rotatable bonds is 6. The summed E-state index contributed by atoms with van der Waals surface area (Å²) in [6, 6.07) is 7.17. The van der Waals surface area contributed by atoms with Gasteiger partial charge in [0.05, 0.1) is 48.5 Å². The van der Waals surface area contributed by atoms with Crippen LogP contribution in [0.5, 0.6) is 5.75 Å². The van der Waals surface area contributed by atoms with Crippen LogP contribution in [0, 0.1) is 35.0 Å². The second-order valence-corrected chi connectivity index (χ2v) is 11.0. The van der Waals surface area contributed by atoms with Crippen molar-refractivity contribution < 1.29 is 17.9 Å². The zero-order valence-corrected chi connectivity index (χ0v) is 21.0. The first-order valence-corrected chi connectivity index (χ1v) is 13.5. The Labute approximate surface area is 207 Å². The molecule has 0 bridgehead atoms. The molecule has 0 radical (unpaired) electrons. The van der Waals surface area contributed by atoms with Gasteiger partial charge in [-0.15, -0.1) is 0 Å². The summed E-state index contributed by atoms with van der Waals surface area (Å²) in [6.45, 7) is 3.28. The molecule has 3 saturated heterocycles. The highest BCUT2D eigenvalue weighted by atomic mass is 32.2. The van der Waals surface area contributed by atoms with Crippen LogP contribution >= 0.6 is 0 Å². The number of primary sulfonamides is 1. The third kappa shape index (κ3) is 6.25. The molecule has 3 heterocycles. The molecule has 3 fully saturated rings. The van der Waals surface area contributed by atoms with Crippen molar-refractivity contribution in [2.45, 2.75) is 48.6 Å². The Morgan fingerprint density at radius 2 is 2.11 bits per heavy atom. The van der Waals surface area contributed by atoms with Gasteiger partial charge >= 0.3 is 0 Å². The third-order valence-electron chi connectivity index (χ3n) is 7.07. The van der Waals surface area contributed by atoms with Crippen molar-refractivity contribution >= 4 is 15.7 Å². The predicted molar refractivity (Wildman–Crippen MR) is 132 cm³/mol. The van der Waals surface area contributed by atoms with Gasteiger partial charge < -0.3 is 25.0 Å². The van der Waals surface area contributed by atoms with Gasteiger partial charge in [0.25, 0.3) is 0 Å². The molecule has 1 aromatic carbocycles. The maximum Gasteiger partial charge on any atom is 0.238 e. The number of anilines is 1. The van der Waals surface area contributed by atoms with Crippen LogP contribution < -0.4 is 25.8 Å². The number of likely N-dealkylation sites (tertiary alicyclic amines) is 1. The Hall–Kier alpha value is -2.38. The van der Waals surface area contributed by atoms with Crippen LogP contribution in [0.2, 0.25) is 0 Å². The molecule has 0 aliphatic carbocycles. The highest BCUT2D eigenvalue weighted by Crippen LogP contribution is 2.36. The number of ether oxygens (including phenoxy) is 2. The van der Waals surface area contributed by atoms with Crippen molar-refractivity contribution in [1.29, 1.82) is 5.26 Å². The van der Waals surface area contributed by atoms with Crippen molar-refractivity contribution in [2.24, 2.45) is 17.0 Å². The molecule has 0 spiro atoms. The van der Waals surface area contributed by atoms with Gasteiger partial charge in [0.2, 0.25) is 10.0 Å². The summed E-state index contributed by atoms with van der Waals surface area (Å²) in [4.78, 5) is 2.33. The highest BCUT2D eigenvalue weighted by Gasteiger charge is 2.47. The first kappa shape index (κ1) is 25.7. The zero-order valence-electron chi connectivity index (χ0n) is 20.2. The fourth-order valence-electron chi connectivity index (χ4n) is 5.10. The minimum absolute atomic E-state index is 0.00257. The molecule has 3 aliphatic heterocycles. The van der Waals surface area contributed by atoms with Crippen LogP contribution in [0.15, 0.2) is 23.1 Å². The fourth-order valence-corrected chi connectivity index (χ4v) is 5.62. The topological polar surface area (TPSA) is 142 Å². The van der Waals surface area contributed by atoms with Crippen LogP contribution in [-0.2, 0) is 14.8 Å². The van der Waals surface area contributed by atoms with Gasteiger partial charge in [0.15, 0.2) is 6.10 Å². The van der Waals surface area contributed by atoms with Crippen molar-refractivity contribution in [2.75, 3.05) is 45.7 Å². The molecular weight excluding hydrogens is 468 g/mol. The van der Waals surface area contributed by atoms with Gasteiger partial charge in [0, 0.05) is 31.0 Å². The monoisotopic (exact) mass is 502 g/mol. The number of methoxy groups -OCH3 is 1. The minimum atomic E-state index is -3.82. The number of nitrogens with zero attached hydrogens (tertiary/aromatic N) is 2. The fraction of sp³-hybridized carbons (Fsp3) is 0.625. The molecule has 4 rings (SSSR count). The zero-order chi connectivity index (χ0) is 25.0. The Morgan fingerprint density at radius 1 is 1.34 bits per heavy atom. The number of sulfonamides is 1. The number of nitrogens with one attached hydrogen (secondary N) is 3. The number of piperidine rings is 2. The van der Waals surface area contributed by atoms with Crippen molar-refractivity contribution in [1.82, 2.24) is 15.5 Å². The van der Waals surface area contributed by atoms with Gasteiger partial charge in [-0.25, -0.2) is 13.6 Å². The number of hydrogen-bond donors (Lipinski definition) is 4. The van der Waals surface area contributed by atoms with E-state index in [0.29, 0.717) is 24.0 Å². The van der Waals surface area contributed by atoms with E-state index in [4.69, 9.17) is 14.6 Å². The summed E-state index contributed by atoms with van der Waals surface area (Å²) in [5.41, 5.74) is 0.605. The second kappa shape index (κ2) is 11.1. The normalized spacial score (nSPS) is 29.5. The molecule has 5 unspecified atom stereocenters. The molecule has 0 aromatic heterocycles. The smallest absolute Gasteiger partial charge is 0.238 e. The summed E-state index contributed by atoms with van der Waals surface area (Å²) in [6.07, 6.45) is 2.74. The largest absolute Gasteiger partial charge is 0.495 e. The maximum atomic E-state index is 11.6. The van der Waals surface area contributed by atoms with E-state index >= 15 is 0 Å². The Bertz CT molecular complexity index is 1100. The first-order valence-electron chi connectivity index (χ1n) is 11.9. The van der Waals surface area contributed by atoms with E-state index in [1.807, 2.05) is 0 Å². The summed E-state index contributed by atoms with van der Waals surface area (Å²) in [7, 11) is -0.202. The second-order valence-electron chi connectivity index (χ2n) is 9.44. The summed E-state index contributed by atoms with van der Waals surface area (Å²) in [5, 5.41) is 25.3. The average molecular weight is 503 g/mol. The summed E-state index contributed by atoms with van der Waals surface area (Å²) < 4.78 is 34.5. The molecule has 1 aromatic rings. The molecular formula is C24H34N6O4S. The molecule has 35 heavy (non-hydrogen) atoms. The molecule has 5 atom stereocenters. The van der Waals surface area contributed by atoms with E-state index in [1.54, 1.807) is 6.07 Å². The van der Waals surface area contributed by atoms with Crippen LogP contribution in [0.4, 0.5) is 5.69 Å². The van der Waals surface area contributed by atoms with Crippen LogP contribution in [-0.4, -0.2) is 78.1 Å². The van der Waals surface area contributed by atoms with Crippen molar-refractivity contribution in [3.8, 4) is 23.7 Å². The molecule has 3 aliphatic rings. The maximum absolute atomic E-state index is 11.6. The van der Waals surface area contributed by atoms with Crippen molar-refractivity contribution in [3.63, 3.8) is 0 Å². The standard InChI is InChI=1S/C24H34N6O4S/c1-30-10-7-16(8-11-30)29-24-13-21-19(15-28-24)18(23(14-25)34-21)4-3-9-27-20-6-5-17(35(26,31)32)12-22(20)33-2/h5-6,12,16,18-19,21,23-24,27-29H,7-11,13,15H2,1-2H3,(H2,26,31,32). The summed E-state index contributed by atoms with van der Waals surface area (Å²) in [5.74, 6) is 6.70. The molecule has 0 saturated carbocycles. The van der Waals surface area contributed by atoms with E-state index in [9.17, 15) is 13.7 Å². The lowest BCUT2D eigenvalue weighted by Gasteiger charge is -2.37. The van der Waals surface area contributed by atoms with Gasteiger partial charge in [-0.1, -0.05) is 11.8 Å². The third-order valence-corrected chi connectivity index (χ3v) is 7.99. The number of hydrogen-bond acceptors (Lipinski definition) is 9. The number of nitriles is 1. The first-order chi connectivity index (χ1) is 16.8. The predicted octanol–water partition coefficient (Wildman–Crippen LogP) is 0.284.